The molecule has 2 heteroatoms. The molecule has 1 atom stereocenters. The predicted molar refractivity (Wildman–Crippen MR) is 81.9 cm³/mol. The van der Waals surface area contributed by atoms with Crippen LogP contribution in [0.3, 0.4) is 0 Å². The van der Waals surface area contributed by atoms with E-state index in [1.54, 1.807) is 0 Å². The number of hydrogen-bond donors (Lipinski definition) is 1. The van der Waals surface area contributed by atoms with Gasteiger partial charge in [0.25, 0.3) is 0 Å². The summed E-state index contributed by atoms with van der Waals surface area (Å²) in [7, 11) is 2.15. The number of nitrogen functional groups attached to an aromatic ring is 1. The maximum Gasteiger partial charge on any atom is 0.0347 e. The van der Waals surface area contributed by atoms with Crippen molar-refractivity contribution in [2.75, 3.05) is 12.8 Å². The average molecular weight is 254 g/mol. The number of hydrogen-bond acceptors (Lipinski definition) is 2. The van der Waals surface area contributed by atoms with Crippen LogP contribution in [0.5, 0.6) is 0 Å². The molecule has 0 heterocycles. The van der Waals surface area contributed by atoms with Crippen molar-refractivity contribution < 1.29 is 0 Å². The highest BCUT2D eigenvalue weighted by molar-refractivity contribution is 5.48. The van der Waals surface area contributed by atoms with Crippen molar-refractivity contribution in [2.45, 2.75) is 26.4 Å². The van der Waals surface area contributed by atoms with Crippen LogP contribution in [0, 0.1) is 6.92 Å². The molecule has 2 aromatic carbocycles. The Balaban J connectivity index is 2.10. The van der Waals surface area contributed by atoms with Crippen molar-refractivity contribution >= 4 is 5.69 Å². The zero-order chi connectivity index (χ0) is 13.8. The van der Waals surface area contributed by atoms with E-state index >= 15 is 0 Å². The Labute approximate surface area is 115 Å². The zero-order valence-corrected chi connectivity index (χ0v) is 11.9. The second-order valence-electron chi connectivity index (χ2n) is 5.19. The summed E-state index contributed by atoms with van der Waals surface area (Å²) < 4.78 is 0. The lowest BCUT2D eigenvalue weighted by Gasteiger charge is -2.25. The van der Waals surface area contributed by atoms with Gasteiger partial charge >= 0.3 is 0 Å². The van der Waals surface area contributed by atoms with Gasteiger partial charge in [-0.1, -0.05) is 42.5 Å². The lowest BCUT2D eigenvalue weighted by molar-refractivity contribution is 0.253. The zero-order valence-electron chi connectivity index (χ0n) is 11.9. The van der Waals surface area contributed by atoms with Gasteiger partial charge in [0.1, 0.15) is 0 Å². The normalized spacial score (nSPS) is 12.6. The first-order chi connectivity index (χ1) is 9.08. The smallest absolute Gasteiger partial charge is 0.0347 e. The minimum Gasteiger partial charge on any atom is -0.399 e. The minimum absolute atomic E-state index is 0.350. The molecule has 0 saturated heterocycles. The second kappa shape index (κ2) is 5.89. The van der Waals surface area contributed by atoms with E-state index in [0.717, 1.165) is 17.8 Å². The van der Waals surface area contributed by atoms with Gasteiger partial charge in [-0.05, 0) is 43.7 Å². The van der Waals surface area contributed by atoms with Crippen LogP contribution in [-0.4, -0.2) is 11.9 Å². The number of nitrogens with two attached hydrogens (primary N) is 1. The van der Waals surface area contributed by atoms with Crippen LogP contribution in [0.1, 0.15) is 29.7 Å². The molecule has 0 amide bonds. The van der Waals surface area contributed by atoms with Gasteiger partial charge in [0.15, 0.2) is 0 Å². The number of anilines is 1. The highest BCUT2D eigenvalue weighted by atomic mass is 15.1. The lowest BCUT2D eigenvalue weighted by atomic mass is 10.0. The fourth-order valence-corrected chi connectivity index (χ4v) is 2.18. The van der Waals surface area contributed by atoms with Crippen LogP contribution in [0.2, 0.25) is 0 Å². The summed E-state index contributed by atoms with van der Waals surface area (Å²) in [6, 6.07) is 17.2. The van der Waals surface area contributed by atoms with Gasteiger partial charge in [0, 0.05) is 18.3 Å². The summed E-state index contributed by atoms with van der Waals surface area (Å²) in [4.78, 5) is 2.33. The largest absolute Gasteiger partial charge is 0.399 e. The third-order valence-electron chi connectivity index (χ3n) is 3.72. The first-order valence-electron chi connectivity index (χ1n) is 6.68. The van der Waals surface area contributed by atoms with E-state index in [2.05, 4.69) is 61.3 Å². The molecule has 0 aliphatic heterocycles. The SMILES string of the molecule is Cc1ccc([C@@H](C)N(C)Cc2ccccc2)cc1N. The number of nitrogens with zero attached hydrogens (tertiary/aromatic N) is 1. The summed E-state index contributed by atoms with van der Waals surface area (Å²) in [6.45, 7) is 5.19. The monoisotopic (exact) mass is 254 g/mol. The maximum absolute atomic E-state index is 5.99. The first-order valence-corrected chi connectivity index (χ1v) is 6.68. The summed E-state index contributed by atoms with van der Waals surface area (Å²) >= 11 is 0. The molecule has 100 valence electrons. The summed E-state index contributed by atoms with van der Waals surface area (Å²) in [6.07, 6.45) is 0. The highest BCUT2D eigenvalue weighted by Gasteiger charge is 2.12. The molecule has 0 fully saturated rings. The molecule has 0 radical (unpaired) electrons. The molecule has 0 bridgehead atoms. The summed E-state index contributed by atoms with van der Waals surface area (Å²) in [5.74, 6) is 0. The van der Waals surface area contributed by atoms with Gasteiger partial charge in [-0.15, -0.1) is 0 Å². The van der Waals surface area contributed by atoms with E-state index in [4.69, 9.17) is 5.73 Å². The molecule has 0 saturated carbocycles. The van der Waals surface area contributed by atoms with Crippen molar-refractivity contribution in [3.8, 4) is 0 Å². The van der Waals surface area contributed by atoms with Gasteiger partial charge in [-0.2, -0.15) is 0 Å². The molecule has 0 unspecified atom stereocenters. The molecule has 2 nitrogen and oxygen atoms in total. The molecule has 2 aromatic rings. The van der Waals surface area contributed by atoms with Crippen molar-refractivity contribution in [1.29, 1.82) is 0 Å². The molecular formula is C17H22N2. The highest BCUT2D eigenvalue weighted by Crippen LogP contribution is 2.24. The van der Waals surface area contributed by atoms with Crippen LogP contribution >= 0.6 is 0 Å². The Hall–Kier alpha value is -1.80. The Morgan fingerprint density at radius 3 is 2.42 bits per heavy atom. The Morgan fingerprint density at radius 2 is 1.79 bits per heavy atom. The predicted octanol–water partition coefficient (Wildman–Crippen LogP) is 3.77. The van der Waals surface area contributed by atoms with E-state index in [1.807, 2.05) is 13.0 Å². The van der Waals surface area contributed by atoms with E-state index in [1.165, 1.54) is 11.1 Å². The van der Waals surface area contributed by atoms with Crippen LogP contribution in [-0.2, 0) is 6.54 Å². The molecule has 0 aromatic heterocycles. The molecule has 0 aliphatic carbocycles. The van der Waals surface area contributed by atoms with Gasteiger partial charge in [-0.25, -0.2) is 0 Å². The average Bonchev–Trinajstić information content (AvgIpc) is 2.42. The topological polar surface area (TPSA) is 29.3 Å². The maximum atomic E-state index is 5.99. The van der Waals surface area contributed by atoms with E-state index in [-0.39, 0.29) is 0 Å². The standard InChI is InChI=1S/C17H22N2/c1-13-9-10-16(11-17(13)18)14(2)19(3)12-15-7-5-4-6-8-15/h4-11,14H,12,18H2,1-3H3/t14-/m1/s1. The van der Waals surface area contributed by atoms with Crippen LogP contribution < -0.4 is 5.73 Å². The molecular weight excluding hydrogens is 232 g/mol. The quantitative estimate of drug-likeness (QED) is 0.842. The molecule has 0 aliphatic rings. The van der Waals surface area contributed by atoms with Gasteiger partial charge < -0.3 is 5.73 Å². The lowest BCUT2D eigenvalue weighted by Crippen LogP contribution is -2.22. The van der Waals surface area contributed by atoms with Crippen molar-refractivity contribution in [3.63, 3.8) is 0 Å². The first kappa shape index (κ1) is 13.6. The van der Waals surface area contributed by atoms with Crippen molar-refractivity contribution in [2.24, 2.45) is 0 Å². The summed E-state index contributed by atoms with van der Waals surface area (Å²) in [5.41, 5.74) is 10.6. The van der Waals surface area contributed by atoms with Crippen LogP contribution in [0.25, 0.3) is 0 Å². The number of aryl methyl sites for hydroxylation is 1. The number of rotatable bonds is 4. The Morgan fingerprint density at radius 1 is 1.11 bits per heavy atom. The number of benzene rings is 2. The van der Waals surface area contributed by atoms with Crippen molar-refractivity contribution in [3.05, 3.63) is 65.2 Å². The summed E-state index contributed by atoms with van der Waals surface area (Å²) in [5, 5.41) is 0. The van der Waals surface area contributed by atoms with E-state index < -0.39 is 0 Å². The van der Waals surface area contributed by atoms with Crippen LogP contribution in [0.15, 0.2) is 48.5 Å². The molecule has 2 rings (SSSR count). The van der Waals surface area contributed by atoms with Gasteiger partial charge in [-0.3, -0.25) is 4.90 Å². The Kier molecular flexibility index (Phi) is 4.23. The minimum atomic E-state index is 0.350. The van der Waals surface area contributed by atoms with Gasteiger partial charge in [0.2, 0.25) is 0 Å². The van der Waals surface area contributed by atoms with E-state index in [9.17, 15) is 0 Å². The van der Waals surface area contributed by atoms with Crippen LogP contribution in [0.4, 0.5) is 5.69 Å². The van der Waals surface area contributed by atoms with Crippen molar-refractivity contribution in [1.82, 2.24) is 4.90 Å². The van der Waals surface area contributed by atoms with Gasteiger partial charge in [0.05, 0.1) is 0 Å². The van der Waals surface area contributed by atoms with E-state index in [0.29, 0.717) is 6.04 Å². The molecule has 0 spiro atoms. The second-order valence-corrected chi connectivity index (χ2v) is 5.19. The third-order valence-corrected chi connectivity index (χ3v) is 3.72. The fourth-order valence-electron chi connectivity index (χ4n) is 2.18. The molecule has 2 N–H and O–H groups in total. The molecule has 19 heavy (non-hydrogen) atoms. The third kappa shape index (κ3) is 3.36. The Bertz CT molecular complexity index is 534. The fraction of sp³-hybridized carbons (Fsp3) is 0.294.